The van der Waals surface area contributed by atoms with Gasteiger partial charge >= 0.3 is 7.12 Å². The fourth-order valence-electron chi connectivity index (χ4n) is 0.801. The fraction of sp³-hybridized carbons (Fsp3) is 0.667. The van der Waals surface area contributed by atoms with Gasteiger partial charge in [0.05, 0.1) is 5.28 Å². The van der Waals surface area contributed by atoms with Crippen molar-refractivity contribution in [2.75, 3.05) is 13.2 Å². The Morgan fingerprint density at radius 1 is 1.50 bits per heavy atom. The third-order valence-corrected chi connectivity index (χ3v) is 1.72. The van der Waals surface area contributed by atoms with Crippen molar-refractivity contribution in [3.8, 4) is 0 Å². The average Bonchev–Trinajstić information content (AvgIpc) is 2.05. The van der Waals surface area contributed by atoms with E-state index in [-0.39, 0.29) is 12.4 Å². The van der Waals surface area contributed by atoms with Crippen molar-refractivity contribution >= 4 is 18.7 Å². The molecule has 1 aliphatic heterocycles. The molecule has 56 valence electrons. The first kappa shape index (κ1) is 8.11. The Kier molecular flexibility index (Phi) is 3.26. The van der Waals surface area contributed by atoms with Gasteiger partial charge in [0.1, 0.15) is 0 Å². The molecule has 0 amide bonds. The van der Waals surface area contributed by atoms with E-state index in [0.29, 0.717) is 0 Å². The smallest absolute Gasteiger partial charge is 0.410 e. The molecule has 4 heteroatoms. The Labute approximate surface area is 66.3 Å². The van der Waals surface area contributed by atoms with Crippen molar-refractivity contribution in [2.45, 2.75) is 11.7 Å². The van der Waals surface area contributed by atoms with Crippen LogP contribution in [-0.2, 0) is 9.31 Å². The van der Waals surface area contributed by atoms with Gasteiger partial charge in [-0.15, -0.1) is 18.2 Å². The number of hydrogen-bond donors (Lipinski definition) is 0. The van der Waals surface area contributed by atoms with E-state index in [2.05, 4.69) is 6.58 Å². The molecule has 0 N–H and O–H groups in total. The zero-order valence-corrected chi connectivity index (χ0v) is 6.51. The Bertz CT molecular complexity index is 114. The van der Waals surface area contributed by atoms with Crippen molar-refractivity contribution in [3.63, 3.8) is 0 Å². The quantitative estimate of drug-likeness (QED) is 0.344. The van der Waals surface area contributed by atoms with Gasteiger partial charge in [-0.25, -0.2) is 0 Å². The van der Waals surface area contributed by atoms with Gasteiger partial charge in [0, 0.05) is 13.2 Å². The topological polar surface area (TPSA) is 18.5 Å². The molecule has 0 aromatic heterocycles. The molecule has 0 aliphatic carbocycles. The van der Waals surface area contributed by atoms with E-state index in [1.165, 1.54) is 0 Å². The summed E-state index contributed by atoms with van der Waals surface area (Å²) in [6, 6.07) is 0. The molecule has 2 nitrogen and oxygen atoms in total. The molecular formula is C6H10BClO2. The predicted octanol–water partition coefficient (Wildman–Crippen LogP) is 1.24. The zero-order valence-electron chi connectivity index (χ0n) is 5.75. The van der Waals surface area contributed by atoms with Crippen LogP contribution in [0.3, 0.4) is 0 Å². The number of rotatable bonds is 2. The monoisotopic (exact) mass is 160 g/mol. The van der Waals surface area contributed by atoms with Crippen molar-refractivity contribution in [1.82, 2.24) is 0 Å². The predicted molar refractivity (Wildman–Crippen MR) is 42.1 cm³/mol. The molecule has 0 bridgehead atoms. The maximum Gasteiger partial charge on any atom is 0.480 e. The molecule has 1 unspecified atom stereocenters. The highest BCUT2D eigenvalue weighted by molar-refractivity contribution is 6.60. The number of alkyl halides is 1. The van der Waals surface area contributed by atoms with E-state index < -0.39 is 0 Å². The summed E-state index contributed by atoms with van der Waals surface area (Å²) in [5.74, 6) is 0. The molecule has 0 aromatic rings. The van der Waals surface area contributed by atoms with Crippen molar-refractivity contribution in [3.05, 3.63) is 12.7 Å². The molecular weight excluding hydrogens is 150 g/mol. The van der Waals surface area contributed by atoms with E-state index in [0.717, 1.165) is 19.6 Å². The zero-order chi connectivity index (χ0) is 7.40. The van der Waals surface area contributed by atoms with Gasteiger partial charge < -0.3 is 9.31 Å². The number of halogens is 1. The molecule has 0 spiro atoms. The second-order valence-corrected chi connectivity index (χ2v) is 2.65. The summed E-state index contributed by atoms with van der Waals surface area (Å²) in [4.78, 5) is 0. The maximum atomic E-state index is 5.78. The van der Waals surface area contributed by atoms with Crippen LogP contribution in [0.4, 0.5) is 0 Å². The largest absolute Gasteiger partial charge is 0.480 e. The lowest BCUT2D eigenvalue weighted by Crippen LogP contribution is -2.37. The van der Waals surface area contributed by atoms with Gasteiger partial charge in [-0.1, -0.05) is 6.08 Å². The fourth-order valence-corrected chi connectivity index (χ4v) is 0.946. The Morgan fingerprint density at radius 2 is 2.10 bits per heavy atom. The molecule has 1 aliphatic rings. The molecule has 1 saturated heterocycles. The van der Waals surface area contributed by atoms with E-state index >= 15 is 0 Å². The molecule has 0 aromatic carbocycles. The standard InChI is InChI=1S/C6H10BClO2/c1-2-6(8)7-9-4-3-5-10-7/h2,6H,1,3-5H2. The Hall–Kier alpha value is 0.0149. The van der Waals surface area contributed by atoms with Gasteiger partial charge in [0.25, 0.3) is 0 Å². The summed E-state index contributed by atoms with van der Waals surface area (Å²) in [5.41, 5.74) is 0. The van der Waals surface area contributed by atoms with E-state index in [9.17, 15) is 0 Å². The lowest BCUT2D eigenvalue weighted by molar-refractivity contribution is 0.134. The van der Waals surface area contributed by atoms with Crippen LogP contribution in [-0.4, -0.2) is 25.6 Å². The van der Waals surface area contributed by atoms with Gasteiger partial charge in [-0.05, 0) is 6.42 Å². The minimum absolute atomic E-state index is 0.222. The van der Waals surface area contributed by atoms with Crippen molar-refractivity contribution in [1.29, 1.82) is 0 Å². The summed E-state index contributed by atoms with van der Waals surface area (Å²) in [6.45, 7) is 5.02. The Morgan fingerprint density at radius 3 is 2.60 bits per heavy atom. The van der Waals surface area contributed by atoms with Gasteiger partial charge in [-0.3, -0.25) is 0 Å². The van der Waals surface area contributed by atoms with Crippen molar-refractivity contribution < 1.29 is 9.31 Å². The molecule has 1 atom stereocenters. The minimum Gasteiger partial charge on any atom is -0.410 e. The van der Waals surface area contributed by atoms with Crippen molar-refractivity contribution in [2.24, 2.45) is 0 Å². The average molecular weight is 160 g/mol. The van der Waals surface area contributed by atoms with Crippen LogP contribution in [0.1, 0.15) is 6.42 Å². The third-order valence-electron chi connectivity index (χ3n) is 1.34. The first-order valence-corrected chi connectivity index (χ1v) is 3.78. The number of hydrogen-bond acceptors (Lipinski definition) is 2. The molecule has 1 heterocycles. The third kappa shape index (κ3) is 2.01. The van der Waals surface area contributed by atoms with E-state index in [1.54, 1.807) is 6.08 Å². The lowest BCUT2D eigenvalue weighted by atomic mass is 9.83. The molecule has 0 saturated carbocycles. The normalized spacial score (nSPS) is 22.3. The molecule has 1 fully saturated rings. The summed E-state index contributed by atoms with van der Waals surface area (Å²) in [5, 5.41) is -0.222. The highest BCUT2D eigenvalue weighted by Crippen LogP contribution is 2.10. The molecule has 1 rings (SSSR count). The highest BCUT2D eigenvalue weighted by atomic mass is 35.5. The summed E-state index contributed by atoms with van der Waals surface area (Å²) < 4.78 is 10.4. The second kappa shape index (κ2) is 4.01. The van der Waals surface area contributed by atoms with E-state index in [1.807, 2.05) is 0 Å². The van der Waals surface area contributed by atoms with Crippen LogP contribution in [0.15, 0.2) is 12.7 Å². The lowest BCUT2D eigenvalue weighted by Gasteiger charge is -2.21. The minimum atomic E-state index is -0.284. The van der Waals surface area contributed by atoms with Crippen LogP contribution >= 0.6 is 11.6 Å². The maximum absolute atomic E-state index is 5.78. The second-order valence-electron chi connectivity index (χ2n) is 2.14. The molecule has 10 heavy (non-hydrogen) atoms. The van der Waals surface area contributed by atoms with Crippen LogP contribution in [0, 0.1) is 0 Å². The van der Waals surface area contributed by atoms with Crippen LogP contribution in [0.2, 0.25) is 0 Å². The van der Waals surface area contributed by atoms with Crippen LogP contribution in [0.5, 0.6) is 0 Å². The van der Waals surface area contributed by atoms with Crippen LogP contribution in [0.25, 0.3) is 0 Å². The summed E-state index contributed by atoms with van der Waals surface area (Å²) in [7, 11) is -0.284. The summed E-state index contributed by atoms with van der Waals surface area (Å²) >= 11 is 5.78. The van der Waals surface area contributed by atoms with Gasteiger partial charge in [0.2, 0.25) is 0 Å². The molecule has 0 radical (unpaired) electrons. The van der Waals surface area contributed by atoms with E-state index in [4.69, 9.17) is 20.9 Å². The highest BCUT2D eigenvalue weighted by Gasteiger charge is 2.28. The first-order chi connectivity index (χ1) is 4.84. The summed E-state index contributed by atoms with van der Waals surface area (Å²) in [6.07, 6.45) is 2.58. The SMILES string of the molecule is C=CC(Cl)B1OCCCO1. The van der Waals surface area contributed by atoms with Gasteiger partial charge in [-0.2, -0.15) is 0 Å². The first-order valence-electron chi connectivity index (χ1n) is 3.34. The van der Waals surface area contributed by atoms with Gasteiger partial charge in [0.15, 0.2) is 0 Å². The number of allylic oxidation sites excluding steroid dienone is 1. The van der Waals surface area contributed by atoms with Crippen LogP contribution < -0.4 is 0 Å². The Balaban J connectivity index is 2.30.